The summed E-state index contributed by atoms with van der Waals surface area (Å²) in [7, 11) is 0. The second kappa shape index (κ2) is 7.42. The Hall–Kier alpha value is -2.33. The molecular weight excluding hydrogens is 468 g/mol. The third kappa shape index (κ3) is 4.86. The van der Waals surface area contributed by atoms with Crippen molar-refractivity contribution in [2.24, 2.45) is 0 Å². The van der Waals surface area contributed by atoms with E-state index in [0.717, 1.165) is 0 Å². The number of anilines is 1. The molecule has 0 saturated carbocycles. The SMILES string of the molecule is O=C(Nc1cccc(C(F)(F)F)c1)C(F)(OC(F)(F)C(F)(F)C(F)(F)F)C(F)(F)F. The first-order valence-electron chi connectivity index (χ1n) is 6.83. The summed E-state index contributed by atoms with van der Waals surface area (Å²) in [4.78, 5) is 11.4. The maximum atomic E-state index is 14.0. The van der Waals surface area contributed by atoms with Gasteiger partial charge in [0.2, 0.25) is 0 Å². The van der Waals surface area contributed by atoms with Crippen molar-refractivity contribution in [3.8, 4) is 0 Å². The standard InChI is InChI=1S/C13H5F14NO2/c14-8(11(20,21)22,30-13(26,27)10(18,19)12(23,24)25)7(29)28-6-3-1-2-5(4-6)9(15,16)17/h1-4H,(H,28,29). The molecular formula is C13H5F14NO2. The van der Waals surface area contributed by atoms with Gasteiger partial charge in [-0.1, -0.05) is 6.07 Å². The number of carbonyl (C=O) groups excluding carboxylic acids is 1. The van der Waals surface area contributed by atoms with Crippen molar-refractivity contribution in [3.05, 3.63) is 29.8 Å². The molecule has 1 aromatic rings. The lowest BCUT2D eigenvalue weighted by atomic mass is 10.1. The van der Waals surface area contributed by atoms with Gasteiger partial charge in [0, 0.05) is 5.69 Å². The maximum absolute atomic E-state index is 14.0. The van der Waals surface area contributed by atoms with Crippen molar-refractivity contribution >= 4 is 11.6 Å². The highest BCUT2D eigenvalue weighted by Gasteiger charge is 2.79. The van der Waals surface area contributed by atoms with Crippen LogP contribution in [-0.2, 0) is 15.7 Å². The average Bonchev–Trinajstić information content (AvgIpc) is 2.51. The van der Waals surface area contributed by atoms with Gasteiger partial charge >= 0.3 is 36.4 Å². The van der Waals surface area contributed by atoms with Crippen LogP contribution < -0.4 is 5.32 Å². The summed E-state index contributed by atoms with van der Waals surface area (Å²) in [5, 5.41) is 0.696. The Morgan fingerprint density at radius 2 is 1.27 bits per heavy atom. The molecule has 3 nitrogen and oxygen atoms in total. The van der Waals surface area contributed by atoms with Gasteiger partial charge in [0.1, 0.15) is 0 Å². The van der Waals surface area contributed by atoms with Crippen LogP contribution in [0.25, 0.3) is 0 Å². The molecule has 0 aliphatic carbocycles. The van der Waals surface area contributed by atoms with E-state index in [0.29, 0.717) is 23.5 Å². The fraction of sp³-hybridized carbons (Fsp3) is 0.462. The fourth-order valence-corrected chi connectivity index (χ4v) is 1.62. The first-order chi connectivity index (χ1) is 13.1. The molecule has 1 aromatic carbocycles. The largest absolute Gasteiger partial charge is 0.462 e. The summed E-state index contributed by atoms with van der Waals surface area (Å²) in [5.41, 5.74) is -2.94. The lowest BCUT2D eigenvalue weighted by Gasteiger charge is -2.34. The van der Waals surface area contributed by atoms with Crippen molar-refractivity contribution in [1.82, 2.24) is 0 Å². The summed E-state index contributed by atoms with van der Waals surface area (Å²) in [6.45, 7) is 0. The average molecular weight is 473 g/mol. The Labute approximate surface area is 155 Å². The van der Waals surface area contributed by atoms with E-state index in [1.54, 1.807) is 0 Å². The minimum atomic E-state index is -7.39. The molecule has 1 rings (SSSR count). The Morgan fingerprint density at radius 1 is 0.767 bits per heavy atom. The predicted octanol–water partition coefficient (Wildman–Crippen LogP) is 5.68. The molecule has 0 aliphatic heterocycles. The summed E-state index contributed by atoms with van der Waals surface area (Å²) in [6, 6.07) is 1.05. The number of ether oxygens (including phenoxy) is 1. The third-order valence-electron chi connectivity index (χ3n) is 3.09. The van der Waals surface area contributed by atoms with Gasteiger partial charge in [-0.3, -0.25) is 9.53 Å². The number of hydrogen-bond donors (Lipinski definition) is 1. The second-order valence-corrected chi connectivity index (χ2v) is 5.32. The summed E-state index contributed by atoms with van der Waals surface area (Å²) >= 11 is 0. The zero-order chi connectivity index (χ0) is 24.0. The monoisotopic (exact) mass is 473 g/mol. The molecule has 17 heteroatoms. The first kappa shape index (κ1) is 25.7. The molecule has 0 saturated heterocycles. The van der Waals surface area contributed by atoms with Gasteiger partial charge in [-0.15, -0.1) is 0 Å². The van der Waals surface area contributed by atoms with Crippen LogP contribution in [0, 0.1) is 0 Å². The molecule has 0 aliphatic rings. The summed E-state index contributed by atoms with van der Waals surface area (Å²) < 4.78 is 179. The zero-order valence-corrected chi connectivity index (χ0v) is 13.4. The maximum Gasteiger partial charge on any atom is 0.462 e. The summed E-state index contributed by atoms with van der Waals surface area (Å²) in [6.07, 6.45) is -26.6. The van der Waals surface area contributed by atoms with Crippen molar-refractivity contribution in [1.29, 1.82) is 0 Å². The molecule has 0 aromatic heterocycles. The molecule has 1 amide bonds. The van der Waals surface area contributed by atoms with Gasteiger partial charge in [-0.05, 0) is 18.2 Å². The van der Waals surface area contributed by atoms with Gasteiger partial charge in [-0.25, -0.2) is 0 Å². The molecule has 1 N–H and O–H groups in total. The molecule has 0 spiro atoms. The van der Waals surface area contributed by atoms with E-state index < -0.39 is 53.6 Å². The molecule has 1 atom stereocenters. The van der Waals surface area contributed by atoms with E-state index in [-0.39, 0.29) is 6.07 Å². The Bertz CT molecular complexity index is 781. The molecule has 0 radical (unpaired) electrons. The van der Waals surface area contributed by atoms with E-state index in [9.17, 15) is 66.3 Å². The van der Waals surface area contributed by atoms with Crippen molar-refractivity contribution < 1.29 is 71.0 Å². The number of rotatable bonds is 5. The topological polar surface area (TPSA) is 38.3 Å². The number of benzene rings is 1. The lowest BCUT2D eigenvalue weighted by molar-refractivity contribution is -0.472. The number of hydrogen-bond acceptors (Lipinski definition) is 2. The highest BCUT2D eigenvalue weighted by molar-refractivity contribution is 5.97. The van der Waals surface area contributed by atoms with Crippen LogP contribution in [0.5, 0.6) is 0 Å². The molecule has 0 bridgehead atoms. The van der Waals surface area contributed by atoms with Crippen LogP contribution >= 0.6 is 0 Å². The number of carbonyl (C=O) groups is 1. The Morgan fingerprint density at radius 3 is 1.67 bits per heavy atom. The number of amides is 1. The Balaban J connectivity index is 3.35. The Kier molecular flexibility index (Phi) is 6.36. The number of halogens is 14. The predicted molar refractivity (Wildman–Crippen MR) is 67.0 cm³/mol. The highest BCUT2D eigenvalue weighted by Crippen LogP contribution is 2.51. The van der Waals surface area contributed by atoms with E-state index >= 15 is 0 Å². The minimum Gasteiger partial charge on any atom is -0.321 e. The van der Waals surface area contributed by atoms with Crippen LogP contribution in [0.3, 0.4) is 0 Å². The molecule has 0 fully saturated rings. The smallest absolute Gasteiger partial charge is 0.321 e. The van der Waals surface area contributed by atoms with Crippen LogP contribution in [-0.4, -0.2) is 36.1 Å². The van der Waals surface area contributed by atoms with E-state index in [1.165, 1.54) is 0 Å². The molecule has 30 heavy (non-hydrogen) atoms. The van der Waals surface area contributed by atoms with Crippen molar-refractivity contribution in [2.75, 3.05) is 5.32 Å². The van der Waals surface area contributed by atoms with Gasteiger partial charge in [-0.2, -0.15) is 61.5 Å². The lowest BCUT2D eigenvalue weighted by Crippen LogP contribution is -2.62. The minimum absolute atomic E-state index is 0.114. The van der Waals surface area contributed by atoms with E-state index in [4.69, 9.17) is 0 Å². The molecule has 0 heterocycles. The van der Waals surface area contributed by atoms with Gasteiger partial charge in [0.25, 0.3) is 5.91 Å². The second-order valence-electron chi connectivity index (χ2n) is 5.32. The van der Waals surface area contributed by atoms with Crippen LogP contribution in [0.4, 0.5) is 67.2 Å². The van der Waals surface area contributed by atoms with Crippen molar-refractivity contribution in [3.63, 3.8) is 0 Å². The van der Waals surface area contributed by atoms with Crippen molar-refractivity contribution in [2.45, 2.75) is 36.4 Å². The van der Waals surface area contributed by atoms with E-state index in [1.807, 2.05) is 4.74 Å². The first-order valence-corrected chi connectivity index (χ1v) is 6.83. The third-order valence-corrected chi connectivity index (χ3v) is 3.09. The normalized spacial score (nSPS) is 16.2. The van der Waals surface area contributed by atoms with Crippen LogP contribution in [0.2, 0.25) is 0 Å². The highest BCUT2D eigenvalue weighted by atomic mass is 19.4. The summed E-state index contributed by atoms with van der Waals surface area (Å²) in [5.74, 6) is -17.4. The fourth-order valence-electron chi connectivity index (χ4n) is 1.62. The van der Waals surface area contributed by atoms with E-state index in [2.05, 4.69) is 0 Å². The van der Waals surface area contributed by atoms with Crippen LogP contribution in [0.15, 0.2) is 24.3 Å². The number of nitrogens with one attached hydrogen (secondary N) is 1. The molecule has 172 valence electrons. The van der Waals surface area contributed by atoms with Gasteiger partial charge in [0.05, 0.1) is 5.56 Å². The van der Waals surface area contributed by atoms with Gasteiger partial charge < -0.3 is 5.32 Å². The van der Waals surface area contributed by atoms with Crippen LogP contribution in [0.1, 0.15) is 5.56 Å². The quantitative estimate of drug-likeness (QED) is 0.560. The van der Waals surface area contributed by atoms with Gasteiger partial charge in [0.15, 0.2) is 0 Å². The zero-order valence-electron chi connectivity index (χ0n) is 13.4. The molecule has 1 unspecified atom stereocenters. The number of alkyl halides is 14.